The van der Waals surface area contributed by atoms with E-state index in [4.69, 9.17) is 9.47 Å². The summed E-state index contributed by atoms with van der Waals surface area (Å²) in [5.41, 5.74) is 8.48. The Hall–Kier alpha value is -4.46. The normalized spacial score (nSPS) is 10.9. The summed E-state index contributed by atoms with van der Waals surface area (Å²) in [5, 5.41) is 7.93. The molecule has 0 saturated heterocycles. The zero-order valence-corrected chi connectivity index (χ0v) is 19.0. The maximum Gasteiger partial charge on any atom is 0.277 e. The SMILES string of the molecule is Cc1ccc(OCC(=O)NN=Cc2ccccc2C=NNC(=O)COc2ccc(C)cc2)cc1. The van der Waals surface area contributed by atoms with Gasteiger partial charge in [0.05, 0.1) is 12.4 Å². The van der Waals surface area contributed by atoms with E-state index in [0.29, 0.717) is 22.6 Å². The first-order valence-corrected chi connectivity index (χ1v) is 10.6. The molecule has 174 valence electrons. The average Bonchev–Trinajstić information content (AvgIpc) is 2.84. The summed E-state index contributed by atoms with van der Waals surface area (Å²) >= 11 is 0. The predicted molar refractivity (Wildman–Crippen MR) is 131 cm³/mol. The van der Waals surface area contributed by atoms with E-state index in [1.54, 1.807) is 24.3 Å². The molecular weight excluding hydrogens is 432 g/mol. The van der Waals surface area contributed by atoms with Crippen molar-refractivity contribution >= 4 is 24.2 Å². The van der Waals surface area contributed by atoms with Gasteiger partial charge in [-0.1, -0.05) is 59.7 Å². The minimum Gasteiger partial charge on any atom is -0.484 e. The Morgan fingerprint density at radius 3 is 1.44 bits per heavy atom. The van der Waals surface area contributed by atoms with Crippen LogP contribution in [0.3, 0.4) is 0 Å². The molecule has 0 bridgehead atoms. The monoisotopic (exact) mass is 458 g/mol. The number of carbonyl (C=O) groups is 2. The van der Waals surface area contributed by atoms with Crippen LogP contribution in [0.1, 0.15) is 22.3 Å². The summed E-state index contributed by atoms with van der Waals surface area (Å²) < 4.78 is 10.8. The van der Waals surface area contributed by atoms with Gasteiger partial charge in [0.25, 0.3) is 11.8 Å². The molecule has 3 aromatic rings. The molecule has 8 heteroatoms. The van der Waals surface area contributed by atoms with Gasteiger partial charge in [0.2, 0.25) is 0 Å². The highest BCUT2D eigenvalue weighted by Gasteiger charge is 2.03. The molecule has 0 fully saturated rings. The van der Waals surface area contributed by atoms with Crippen LogP contribution in [0.2, 0.25) is 0 Å². The van der Waals surface area contributed by atoms with Crippen LogP contribution in [0.4, 0.5) is 0 Å². The van der Waals surface area contributed by atoms with E-state index in [1.807, 2.05) is 62.4 Å². The van der Waals surface area contributed by atoms with Crippen molar-refractivity contribution in [3.8, 4) is 11.5 Å². The first-order chi connectivity index (χ1) is 16.5. The Bertz CT molecular complexity index is 1060. The standard InChI is InChI=1S/C26H26N4O4/c1-19-7-11-23(12-8-19)33-17-25(31)29-27-15-21-5-3-4-6-22(21)16-28-30-26(32)18-34-24-13-9-20(2)10-14-24/h3-16H,17-18H2,1-2H3,(H,29,31)(H,30,32). The fourth-order valence-electron chi connectivity index (χ4n) is 2.72. The van der Waals surface area contributed by atoms with Crippen molar-refractivity contribution in [3.05, 3.63) is 95.1 Å². The van der Waals surface area contributed by atoms with Crippen molar-refractivity contribution in [3.63, 3.8) is 0 Å². The highest BCUT2D eigenvalue weighted by molar-refractivity contribution is 5.95. The molecule has 2 N–H and O–H groups in total. The largest absolute Gasteiger partial charge is 0.484 e. The molecule has 0 aliphatic carbocycles. The smallest absolute Gasteiger partial charge is 0.277 e. The molecule has 34 heavy (non-hydrogen) atoms. The number of nitrogens with one attached hydrogen (secondary N) is 2. The van der Waals surface area contributed by atoms with Gasteiger partial charge in [0, 0.05) is 11.1 Å². The Labute approximate surface area is 198 Å². The Morgan fingerprint density at radius 1 is 0.676 bits per heavy atom. The van der Waals surface area contributed by atoms with Crippen molar-refractivity contribution in [1.29, 1.82) is 0 Å². The average molecular weight is 459 g/mol. The van der Waals surface area contributed by atoms with Crippen LogP contribution in [0.25, 0.3) is 0 Å². The lowest BCUT2D eigenvalue weighted by Crippen LogP contribution is -2.25. The first kappa shape index (κ1) is 24.2. The van der Waals surface area contributed by atoms with Gasteiger partial charge >= 0.3 is 0 Å². The molecule has 3 aromatic carbocycles. The van der Waals surface area contributed by atoms with Gasteiger partial charge in [-0.3, -0.25) is 9.59 Å². The number of aryl methyl sites for hydroxylation is 2. The molecule has 3 rings (SSSR count). The molecule has 0 spiro atoms. The highest BCUT2D eigenvalue weighted by Crippen LogP contribution is 2.12. The Morgan fingerprint density at radius 2 is 1.06 bits per heavy atom. The fraction of sp³-hybridized carbons (Fsp3) is 0.154. The van der Waals surface area contributed by atoms with Gasteiger partial charge < -0.3 is 9.47 Å². The van der Waals surface area contributed by atoms with Gasteiger partial charge in [0.1, 0.15) is 11.5 Å². The fourth-order valence-corrected chi connectivity index (χ4v) is 2.72. The van der Waals surface area contributed by atoms with E-state index >= 15 is 0 Å². The zero-order valence-electron chi connectivity index (χ0n) is 19.0. The molecule has 8 nitrogen and oxygen atoms in total. The van der Waals surface area contributed by atoms with E-state index in [2.05, 4.69) is 21.1 Å². The first-order valence-electron chi connectivity index (χ1n) is 10.6. The number of carbonyl (C=O) groups excluding carboxylic acids is 2. The van der Waals surface area contributed by atoms with Crippen molar-refractivity contribution < 1.29 is 19.1 Å². The van der Waals surface area contributed by atoms with Crippen LogP contribution in [0.15, 0.2) is 83.0 Å². The van der Waals surface area contributed by atoms with Crippen molar-refractivity contribution in [2.45, 2.75) is 13.8 Å². The second-order valence-electron chi connectivity index (χ2n) is 7.42. The van der Waals surface area contributed by atoms with Gasteiger partial charge in [-0.25, -0.2) is 10.9 Å². The minimum absolute atomic E-state index is 0.153. The van der Waals surface area contributed by atoms with Crippen molar-refractivity contribution in [1.82, 2.24) is 10.9 Å². The number of ether oxygens (including phenoxy) is 2. The third-order valence-electron chi connectivity index (χ3n) is 4.56. The van der Waals surface area contributed by atoms with E-state index in [0.717, 1.165) is 11.1 Å². The second-order valence-corrected chi connectivity index (χ2v) is 7.42. The van der Waals surface area contributed by atoms with Crippen LogP contribution in [-0.4, -0.2) is 37.5 Å². The minimum atomic E-state index is -0.385. The summed E-state index contributed by atoms with van der Waals surface area (Å²) in [6.07, 6.45) is 2.99. The number of amides is 2. The number of rotatable bonds is 10. The molecule has 0 aromatic heterocycles. The van der Waals surface area contributed by atoms with Gasteiger partial charge in [-0.2, -0.15) is 10.2 Å². The van der Waals surface area contributed by atoms with E-state index in [-0.39, 0.29) is 25.0 Å². The number of hydrazone groups is 2. The number of benzene rings is 3. The van der Waals surface area contributed by atoms with Crippen molar-refractivity contribution in [2.75, 3.05) is 13.2 Å². The van der Waals surface area contributed by atoms with Gasteiger partial charge in [0.15, 0.2) is 13.2 Å². The molecule has 0 aliphatic rings. The van der Waals surface area contributed by atoms with E-state index in [9.17, 15) is 9.59 Å². The second kappa shape index (κ2) is 12.5. The Kier molecular flexibility index (Phi) is 8.92. The lowest BCUT2D eigenvalue weighted by Gasteiger charge is -2.05. The van der Waals surface area contributed by atoms with Gasteiger partial charge in [-0.05, 0) is 38.1 Å². The third kappa shape index (κ3) is 8.23. The van der Waals surface area contributed by atoms with Crippen LogP contribution in [0.5, 0.6) is 11.5 Å². The van der Waals surface area contributed by atoms with Crippen LogP contribution < -0.4 is 20.3 Å². The Balaban J connectivity index is 1.45. The molecule has 0 radical (unpaired) electrons. The van der Waals surface area contributed by atoms with Crippen LogP contribution >= 0.6 is 0 Å². The number of hydrogen-bond donors (Lipinski definition) is 2. The summed E-state index contributed by atoms with van der Waals surface area (Å²) in [7, 11) is 0. The van der Waals surface area contributed by atoms with Gasteiger partial charge in [-0.15, -0.1) is 0 Å². The quantitative estimate of drug-likeness (QED) is 0.359. The highest BCUT2D eigenvalue weighted by atomic mass is 16.5. The topological polar surface area (TPSA) is 101 Å². The maximum atomic E-state index is 12.0. The van der Waals surface area contributed by atoms with E-state index in [1.165, 1.54) is 12.4 Å². The molecular formula is C26H26N4O4. The molecule has 0 aliphatic heterocycles. The summed E-state index contributed by atoms with van der Waals surface area (Å²) in [6, 6.07) is 22.1. The third-order valence-corrected chi connectivity index (χ3v) is 4.56. The summed E-state index contributed by atoms with van der Waals surface area (Å²) in [6.45, 7) is 3.64. The number of hydrogen-bond acceptors (Lipinski definition) is 6. The molecule has 0 heterocycles. The van der Waals surface area contributed by atoms with Crippen LogP contribution in [-0.2, 0) is 9.59 Å². The lowest BCUT2D eigenvalue weighted by molar-refractivity contribution is -0.123. The molecule has 0 saturated carbocycles. The van der Waals surface area contributed by atoms with Crippen molar-refractivity contribution in [2.24, 2.45) is 10.2 Å². The number of nitrogens with zero attached hydrogens (tertiary/aromatic N) is 2. The predicted octanol–water partition coefficient (Wildman–Crippen LogP) is 3.36. The van der Waals surface area contributed by atoms with Crippen LogP contribution in [0, 0.1) is 13.8 Å². The summed E-state index contributed by atoms with van der Waals surface area (Å²) in [4.78, 5) is 23.9. The van der Waals surface area contributed by atoms with E-state index < -0.39 is 0 Å². The lowest BCUT2D eigenvalue weighted by atomic mass is 10.1. The molecule has 0 atom stereocenters. The molecule has 0 unspecified atom stereocenters. The summed E-state index contributed by atoms with van der Waals surface area (Å²) in [5.74, 6) is 0.447. The maximum absolute atomic E-state index is 12.0. The zero-order chi connectivity index (χ0) is 24.2. The molecule has 2 amide bonds.